The molecule has 0 aliphatic heterocycles. The first-order valence-corrected chi connectivity index (χ1v) is 5.36. The van der Waals surface area contributed by atoms with Gasteiger partial charge in [0.2, 0.25) is 5.95 Å². The molecule has 0 aliphatic carbocycles. The molecule has 2 rings (SSSR count). The van der Waals surface area contributed by atoms with E-state index < -0.39 is 18.1 Å². The molecule has 1 aromatic heterocycles. The van der Waals surface area contributed by atoms with Crippen molar-refractivity contribution in [1.29, 1.82) is 0 Å². The Labute approximate surface area is 110 Å². The SMILES string of the molecule is O=Cc1cc(-c2cccc(OC(F)(F)F)c2)cnc1F. The van der Waals surface area contributed by atoms with Crippen molar-refractivity contribution in [2.45, 2.75) is 6.36 Å². The highest BCUT2D eigenvalue weighted by Crippen LogP contribution is 2.28. The Balaban J connectivity index is 2.38. The van der Waals surface area contributed by atoms with Crippen molar-refractivity contribution in [3.63, 3.8) is 0 Å². The molecule has 0 bridgehead atoms. The molecule has 2 aromatic rings. The van der Waals surface area contributed by atoms with E-state index in [1.165, 1.54) is 18.2 Å². The molecule has 0 saturated carbocycles. The van der Waals surface area contributed by atoms with E-state index >= 15 is 0 Å². The third-order valence-electron chi connectivity index (χ3n) is 2.39. The number of ether oxygens (including phenoxy) is 1. The molecular weight excluding hydrogens is 278 g/mol. The zero-order valence-electron chi connectivity index (χ0n) is 9.82. The molecular formula is C13H7F4NO2. The lowest BCUT2D eigenvalue weighted by atomic mass is 10.1. The Morgan fingerprint density at radius 2 is 1.90 bits per heavy atom. The fraction of sp³-hybridized carbons (Fsp3) is 0.0769. The van der Waals surface area contributed by atoms with Crippen LogP contribution in [0, 0.1) is 5.95 Å². The number of nitrogens with zero attached hydrogens (tertiary/aromatic N) is 1. The highest BCUT2D eigenvalue weighted by Gasteiger charge is 2.31. The topological polar surface area (TPSA) is 39.2 Å². The molecule has 0 amide bonds. The van der Waals surface area contributed by atoms with Crippen LogP contribution in [-0.2, 0) is 0 Å². The van der Waals surface area contributed by atoms with Crippen LogP contribution in [0.3, 0.4) is 0 Å². The molecule has 20 heavy (non-hydrogen) atoms. The monoisotopic (exact) mass is 285 g/mol. The number of halogens is 4. The van der Waals surface area contributed by atoms with Crippen LogP contribution in [0.2, 0.25) is 0 Å². The van der Waals surface area contributed by atoms with Crippen LogP contribution >= 0.6 is 0 Å². The van der Waals surface area contributed by atoms with Crippen molar-refractivity contribution >= 4 is 6.29 Å². The molecule has 0 saturated heterocycles. The van der Waals surface area contributed by atoms with E-state index in [1.807, 2.05) is 0 Å². The molecule has 0 aliphatic rings. The maximum Gasteiger partial charge on any atom is 0.573 e. The van der Waals surface area contributed by atoms with Gasteiger partial charge in [0.05, 0.1) is 5.56 Å². The van der Waals surface area contributed by atoms with Crippen LogP contribution < -0.4 is 4.74 Å². The zero-order chi connectivity index (χ0) is 14.8. The van der Waals surface area contributed by atoms with Gasteiger partial charge in [-0.3, -0.25) is 4.79 Å². The lowest BCUT2D eigenvalue weighted by Gasteiger charge is -2.10. The van der Waals surface area contributed by atoms with Crippen molar-refractivity contribution in [2.24, 2.45) is 0 Å². The number of aldehydes is 1. The standard InChI is InChI=1S/C13H7F4NO2/c14-12-10(7-19)4-9(6-18-12)8-2-1-3-11(5-8)20-13(15,16)17/h1-7H. The molecule has 0 unspecified atom stereocenters. The van der Waals surface area contributed by atoms with Gasteiger partial charge in [0.15, 0.2) is 6.29 Å². The van der Waals surface area contributed by atoms with Crippen molar-refractivity contribution in [1.82, 2.24) is 4.98 Å². The van der Waals surface area contributed by atoms with Gasteiger partial charge >= 0.3 is 6.36 Å². The number of carbonyl (C=O) groups is 1. The number of carbonyl (C=O) groups excluding carboxylic acids is 1. The van der Waals surface area contributed by atoms with E-state index in [2.05, 4.69) is 9.72 Å². The Kier molecular flexibility index (Phi) is 3.69. The maximum absolute atomic E-state index is 13.1. The Bertz CT molecular complexity index is 641. The van der Waals surface area contributed by atoms with Crippen LogP contribution in [0.4, 0.5) is 17.6 Å². The highest BCUT2D eigenvalue weighted by atomic mass is 19.4. The Morgan fingerprint density at radius 1 is 1.15 bits per heavy atom. The normalized spacial score (nSPS) is 11.2. The summed E-state index contributed by atoms with van der Waals surface area (Å²) < 4.78 is 53.2. The summed E-state index contributed by atoms with van der Waals surface area (Å²) in [5.74, 6) is -1.35. The van der Waals surface area contributed by atoms with Crippen LogP contribution in [0.5, 0.6) is 5.75 Å². The van der Waals surface area contributed by atoms with Crippen molar-refractivity contribution in [3.8, 4) is 16.9 Å². The lowest BCUT2D eigenvalue weighted by molar-refractivity contribution is -0.274. The molecule has 0 radical (unpaired) electrons. The molecule has 0 fully saturated rings. The number of benzene rings is 1. The largest absolute Gasteiger partial charge is 0.573 e. The minimum atomic E-state index is -4.80. The zero-order valence-corrected chi connectivity index (χ0v) is 9.82. The summed E-state index contributed by atoms with van der Waals surface area (Å²) in [4.78, 5) is 14.0. The number of hydrogen-bond acceptors (Lipinski definition) is 3. The second kappa shape index (κ2) is 5.28. The number of aromatic nitrogens is 1. The van der Waals surface area contributed by atoms with E-state index in [9.17, 15) is 22.4 Å². The predicted molar refractivity (Wildman–Crippen MR) is 61.7 cm³/mol. The molecule has 0 atom stereocenters. The minimum Gasteiger partial charge on any atom is -0.406 e. The van der Waals surface area contributed by atoms with Gasteiger partial charge in [-0.25, -0.2) is 4.98 Å². The van der Waals surface area contributed by atoms with E-state index in [4.69, 9.17) is 0 Å². The minimum absolute atomic E-state index is 0.273. The summed E-state index contributed by atoms with van der Waals surface area (Å²) in [7, 11) is 0. The third kappa shape index (κ3) is 3.31. The molecule has 0 spiro atoms. The second-order valence-corrected chi connectivity index (χ2v) is 3.80. The summed E-state index contributed by atoms with van der Waals surface area (Å²) in [6.45, 7) is 0. The number of hydrogen-bond donors (Lipinski definition) is 0. The first kappa shape index (κ1) is 14.0. The molecule has 0 N–H and O–H groups in total. The van der Waals surface area contributed by atoms with Crippen molar-refractivity contribution in [2.75, 3.05) is 0 Å². The summed E-state index contributed by atoms with van der Waals surface area (Å²) in [5, 5.41) is 0. The van der Waals surface area contributed by atoms with Gasteiger partial charge in [0.1, 0.15) is 5.75 Å². The molecule has 1 aromatic carbocycles. The van der Waals surface area contributed by atoms with E-state index in [0.29, 0.717) is 11.1 Å². The van der Waals surface area contributed by atoms with Gasteiger partial charge in [0, 0.05) is 11.8 Å². The lowest BCUT2D eigenvalue weighted by Crippen LogP contribution is -2.17. The first-order valence-electron chi connectivity index (χ1n) is 5.36. The molecule has 1 heterocycles. The fourth-order valence-electron chi connectivity index (χ4n) is 1.58. The van der Waals surface area contributed by atoms with E-state index in [1.54, 1.807) is 0 Å². The fourth-order valence-corrected chi connectivity index (χ4v) is 1.58. The highest BCUT2D eigenvalue weighted by molar-refractivity contribution is 5.78. The van der Waals surface area contributed by atoms with Crippen molar-refractivity contribution < 1.29 is 27.1 Å². The first-order chi connectivity index (χ1) is 9.39. The summed E-state index contributed by atoms with van der Waals surface area (Å²) in [6, 6.07) is 6.29. The molecule has 3 nitrogen and oxygen atoms in total. The number of alkyl halides is 3. The van der Waals surface area contributed by atoms with Crippen LogP contribution in [0.15, 0.2) is 36.5 Å². The van der Waals surface area contributed by atoms with Crippen LogP contribution in [-0.4, -0.2) is 17.6 Å². The molecule has 104 valence electrons. The second-order valence-electron chi connectivity index (χ2n) is 3.80. The van der Waals surface area contributed by atoms with Crippen molar-refractivity contribution in [3.05, 3.63) is 48.0 Å². The van der Waals surface area contributed by atoms with Gasteiger partial charge in [-0.15, -0.1) is 13.2 Å². The van der Waals surface area contributed by atoms with Gasteiger partial charge in [-0.2, -0.15) is 4.39 Å². The van der Waals surface area contributed by atoms with Gasteiger partial charge in [0.25, 0.3) is 0 Å². The Hall–Kier alpha value is -2.44. The molecule has 7 heteroatoms. The van der Waals surface area contributed by atoms with Gasteiger partial charge < -0.3 is 4.74 Å². The summed E-state index contributed by atoms with van der Waals surface area (Å²) in [6.07, 6.45) is -3.40. The summed E-state index contributed by atoms with van der Waals surface area (Å²) >= 11 is 0. The van der Waals surface area contributed by atoms with E-state index in [-0.39, 0.29) is 11.8 Å². The van der Waals surface area contributed by atoms with Crippen LogP contribution in [0.1, 0.15) is 10.4 Å². The maximum atomic E-state index is 13.1. The third-order valence-corrected chi connectivity index (χ3v) is 2.39. The van der Waals surface area contributed by atoms with Crippen LogP contribution in [0.25, 0.3) is 11.1 Å². The predicted octanol–water partition coefficient (Wildman–Crippen LogP) is 3.60. The summed E-state index contributed by atoms with van der Waals surface area (Å²) in [5.41, 5.74) is 0.355. The number of rotatable bonds is 3. The van der Waals surface area contributed by atoms with Gasteiger partial charge in [-0.1, -0.05) is 12.1 Å². The Morgan fingerprint density at radius 3 is 2.55 bits per heavy atom. The number of pyridine rings is 1. The smallest absolute Gasteiger partial charge is 0.406 e. The van der Waals surface area contributed by atoms with Gasteiger partial charge in [-0.05, 0) is 23.8 Å². The quantitative estimate of drug-likeness (QED) is 0.491. The average molecular weight is 285 g/mol. The average Bonchev–Trinajstić information content (AvgIpc) is 2.37. The van der Waals surface area contributed by atoms with E-state index in [0.717, 1.165) is 18.3 Å².